The van der Waals surface area contributed by atoms with Gasteiger partial charge >= 0.3 is 0 Å². The van der Waals surface area contributed by atoms with Crippen LogP contribution in [0.5, 0.6) is 5.75 Å². The molecule has 4 heterocycles. The first-order chi connectivity index (χ1) is 18.4. The highest BCUT2D eigenvalue weighted by Crippen LogP contribution is 2.44. The van der Waals surface area contributed by atoms with Crippen molar-refractivity contribution in [1.29, 1.82) is 0 Å². The summed E-state index contributed by atoms with van der Waals surface area (Å²) in [5.41, 5.74) is 6.21. The molecule has 1 aromatic carbocycles. The van der Waals surface area contributed by atoms with Crippen LogP contribution >= 0.6 is 23.8 Å². The van der Waals surface area contributed by atoms with Crippen LogP contribution in [0.2, 0.25) is 5.02 Å². The molecule has 1 saturated heterocycles. The Bertz CT molecular complexity index is 1440. The molecule has 0 unspecified atom stereocenters. The minimum absolute atomic E-state index is 0.167. The number of hydrogen-bond acceptors (Lipinski definition) is 5. The molecule has 1 aliphatic rings. The summed E-state index contributed by atoms with van der Waals surface area (Å²) < 4.78 is 13.0. The maximum absolute atomic E-state index is 6.65. The molecule has 0 bridgehead atoms. The number of benzene rings is 1. The molecule has 9 heteroatoms. The largest absolute Gasteiger partial charge is 0.490 e. The molecular weight excluding hydrogens is 518 g/mol. The molecule has 38 heavy (non-hydrogen) atoms. The zero-order valence-corrected chi connectivity index (χ0v) is 23.4. The van der Waals surface area contributed by atoms with E-state index in [-0.39, 0.29) is 12.1 Å². The van der Waals surface area contributed by atoms with Crippen molar-refractivity contribution < 1.29 is 9.47 Å². The molecule has 0 radical (unpaired) electrons. The molecule has 196 valence electrons. The number of ether oxygens (including phenoxy) is 2. The molecule has 3 aromatic heterocycles. The molecule has 4 aromatic rings. The van der Waals surface area contributed by atoms with Gasteiger partial charge in [-0.2, -0.15) is 0 Å². The van der Waals surface area contributed by atoms with E-state index in [0.29, 0.717) is 29.1 Å². The number of halogens is 1. The minimum Gasteiger partial charge on any atom is -0.490 e. The Morgan fingerprint density at radius 3 is 2.55 bits per heavy atom. The highest BCUT2D eigenvalue weighted by atomic mass is 35.5. The Labute approximate surface area is 233 Å². The van der Waals surface area contributed by atoms with Crippen molar-refractivity contribution in [2.45, 2.75) is 32.9 Å². The van der Waals surface area contributed by atoms with E-state index in [9.17, 15) is 0 Å². The third-order valence-electron chi connectivity index (χ3n) is 6.75. The van der Waals surface area contributed by atoms with Gasteiger partial charge in [0.25, 0.3) is 0 Å². The summed E-state index contributed by atoms with van der Waals surface area (Å²) in [5.74, 6) is 1.49. The Balaban J connectivity index is 1.60. The number of anilines is 1. The third-order valence-corrected chi connectivity index (χ3v) is 7.36. The summed E-state index contributed by atoms with van der Waals surface area (Å²) in [5, 5.41) is 4.64. The Kier molecular flexibility index (Phi) is 7.65. The average molecular weight is 548 g/mol. The van der Waals surface area contributed by atoms with Gasteiger partial charge in [-0.25, -0.2) is 4.98 Å². The Hall–Kier alpha value is -3.46. The minimum atomic E-state index is -0.167. The summed E-state index contributed by atoms with van der Waals surface area (Å²) >= 11 is 12.6. The highest BCUT2D eigenvalue weighted by Gasteiger charge is 2.42. The van der Waals surface area contributed by atoms with Gasteiger partial charge in [0.15, 0.2) is 5.11 Å². The maximum atomic E-state index is 6.65. The van der Waals surface area contributed by atoms with Crippen LogP contribution in [-0.2, 0) is 4.74 Å². The molecule has 0 aliphatic carbocycles. The molecule has 0 spiro atoms. The van der Waals surface area contributed by atoms with Crippen LogP contribution in [-0.4, -0.2) is 40.0 Å². The number of methoxy groups -OCH3 is 1. The van der Waals surface area contributed by atoms with Crippen molar-refractivity contribution in [2.24, 2.45) is 0 Å². The number of hydrogen-bond donors (Lipinski definition) is 1. The topological polar surface area (TPSA) is 64.4 Å². The first-order valence-corrected chi connectivity index (χ1v) is 13.2. The second-order valence-corrected chi connectivity index (χ2v) is 10.1. The number of thiocarbonyl (C=S) groups is 1. The number of aromatic nitrogens is 3. The average Bonchev–Trinajstić information content (AvgIpc) is 3.41. The van der Waals surface area contributed by atoms with E-state index < -0.39 is 0 Å². The fraction of sp³-hybridized carbons (Fsp3) is 0.276. The molecule has 1 N–H and O–H groups in total. The van der Waals surface area contributed by atoms with Gasteiger partial charge in [0.2, 0.25) is 0 Å². The lowest BCUT2D eigenvalue weighted by Crippen LogP contribution is -2.29. The van der Waals surface area contributed by atoms with Crippen molar-refractivity contribution >= 4 is 34.6 Å². The van der Waals surface area contributed by atoms with Crippen molar-refractivity contribution in [3.05, 3.63) is 100 Å². The quantitative estimate of drug-likeness (QED) is 0.213. The summed E-state index contributed by atoms with van der Waals surface area (Å²) in [4.78, 5) is 11.5. The molecule has 2 atom stereocenters. The maximum Gasteiger partial charge on any atom is 0.174 e. The van der Waals surface area contributed by atoms with Crippen molar-refractivity contribution in [1.82, 2.24) is 19.9 Å². The predicted molar refractivity (Wildman–Crippen MR) is 155 cm³/mol. The van der Waals surface area contributed by atoms with Crippen LogP contribution in [0.3, 0.4) is 0 Å². The van der Waals surface area contributed by atoms with Crippen molar-refractivity contribution in [3.8, 4) is 11.6 Å². The molecule has 1 fully saturated rings. The van der Waals surface area contributed by atoms with Crippen molar-refractivity contribution in [3.63, 3.8) is 0 Å². The molecule has 0 amide bonds. The summed E-state index contributed by atoms with van der Waals surface area (Å²) in [7, 11) is 1.64. The zero-order chi connectivity index (χ0) is 26.8. The van der Waals surface area contributed by atoms with Gasteiger partial charge in [-0.3, -0.25) is 4.98 Å². The van der Waals surface area contributed by atoms with E-state index in [0.717, 1.165) is 39.7 Å². The van der Waals surface area contributed by atoms with E-state index in [4.69, 9.17) is 33.3 Å². The van der Waals surface area contributed by atoms with Crippen LogP contribution in [0.15, 0.2) is 67.0 Å². The zero-order valence-electron chi connectivity index (χ0n) is 21.8. The lowest BCUT2D eigenvalue weighted by molar-refractivity contribution is 0.146. The highest BCUT2D eigenvalue weighted by molar-refractivity contribution is 7.80. The van der Waals surface area contributed by atoms with Gasteiger partial charge in [-0.1, -0.05) is 23.7 Å². The molecule has 5 rings (SSSR count). The lowest BCUT2D eigenvalue weighted by Gasteiger charge is -2.28. The number of nitrogens with zero attached hydrogens (tertiary/aromatic N) is 4. The van der Waals surface area contributed by atoms with E-state index >= 15 is 0 Å². The van der Waals surface area contributed by atoms with E-state index in [1.165, 1.54) is 0 Å². The van der Waals surface area contributed by atoms with Gasteiger partial charge < -0.3 is 24.3 Å². The van der Waals surface area contributed by atoms with Gasteiger partial charge in [0.1, 0.15) is 18.2 Å². The summed E-state index contributed by atoms with van der Waals surface area (Å²) in [6.45, 7) is 7.16. The second kappa shape index (κ2) is 11.1. The van der Waals surface area contributed by atoms with Crippen molar-refractivity contribution in [2.75, 3.05) is 25.2 Å². The van der Waals surface area contributed by atoms with Crippen LogP contribution in [0.4, 0.5) is 5.69 Å². The monoisotopic (exact) mass is 547 g/mol. The normalized spacial score (nSPS) is 17.1. The number of pyridine rings is 2. The molecule has 1 aliphatic heterocycles. The first kappa shape index (κ1) is 26.2. The SMILES string of the molecule is COCCOc1ccc(N2C(=S)N[C@H](c3ccccn3)[C@H]2c2cc(C)n(-c3ccc(C)cn3)c2C)cc1Cl. The van der Waals surface area contributed by atoms with E-state index in [2.05, 4.69) is 50.7 Å². The van der Waals surface area contributed by atoms with E-state index in [1.807, 2.05) is 61.8 Å². The van der Waals surface area contributed by atoms with Gasteiger partial charge in [-0.05, 0) is 86.6 Å². The third kappa shape index (κ3) is 4.99. The fourth-order valence-electron chi connectivity index (χ4n) is 4.97. The van der Waals surface area contributed by atoms with Crippen LogP contribution < -0.4 is 15.0 Å². The Morgan fingerprint density at radius 2 is 1.87 bits per heavy atom. The van der Waals surface area contributed by atoms with Gasteiger partial charge in [0, 0.05) is 36.6 Å². The number of nitrogens with one attached hydrogen (secondary N) is 1. The second-order valence-electron chi connectivity index (χ2n) is 9.31. The summed E-state index contributed by atoms with van der Waals surface area (Å²) in [6.07, 6.45) is 3.70. The lowest BCUT2D eigenvalue weighted by atomic mass is 9.96. The van der Waals surface area contributed by atoms with Crippen LogP contribution in [0.25, 0.3) is 5.82 Å². The van der Waals surface area contributed by atoms with Gasteiger partial charge in [0.05, 0.1) is 29.4 Å². The molecule has 0 saturated carbocycles. The Morgan fingerprint density at radius 1 is 1.03 bits per heavy atom. The fourth-order valence-corrected chi connectivity index (χ4v) is 5.55. The standard InChI is InChI=1S/C29H30ClN5O2S/c1-18-8-11-26(32-17-18)34-19(2)15-22(20(34)3)28-27(24-7-5-6-12-31-24)33-29(38)35(28)21-9-10-25(23(30)16-21)37-14-13-36-4/h5-12,15-17,27-28H,13-14H2,1-4H3,(H,33,38)/t27-,28-/m1/s1. The number of aryl methyl sites for hydroxylation is 2. The molecular formula is C29H30ClN5O2S. The van der Waals surface area contributed by atoms with E-state index in [1.54, 1.807) is 7.11 Å². The molecule has 7 nitrogen and oxygen atoms in total. The van der Waals surface area contributed by atoms with Gasteiger partial charge in [-0.15, -0.1) is 0 Å². The smallest absolute Gasteiger partial charge is 0.174 e. The predicted octanol–water partition coefficient (Wildman–Crippen LogP) is 6.05. The number of rotatable bonds is 8. The summed E-state index contributed by atoms with van der Waals surface area (Å²) in [6, 6.07) is 17.7. The van der Waals surface area contributed by atoms with Crippen LogP contribution in [0, 0.1) is 20.8 Å². The van der Waals surface area contributed by atoms with Crippen LogP contribution in [0.1, 0.15) is 40.3 Å². The first-order valence-electron chi connectivity index (χ1n) is 12.4.